The Bertz CT molecular complexity index is 897. The van der Waals surface area contributed by atoms with Gasteiger partial charge in [0.15, 0.2) is 6.35 Å². The van der Waals surface area contributed by atoms with E-state index < -0.39 is 6.35 Å². The third-order valence-electron chi connectivity index (χ3n) is 4.94. The highest BCUT2D eigenvalue weighted by atomic mass is 35.5. The first-order valence-electron chi connectivity index (χ1n) is 9.19. The van der Waals surface area contributed by atoms with Crippen LogP contribution >= 0.6 is 11.6 Å². The number of halogens is 1. The van der Waals surface area contributed by atoms with Crippen molar-refractivity contribution in [2.45, 2.75) is 12.9 Å². The average molecular weight is 383 g/mol. The van der Waals surface area contributed by atoms with Crippen molar-refractivity contribution in [1.82, 2.24) is 14.8 Å². The third kappa shape index (κ3) is 4.39. The van der Waals surface area contributed by atoms with Crippen LogP contribution in [-0.4, -0.2) is 52.4 Å². The summed E-state index contributed by atoms with van der Waals surface area (Å²) in [6, 6.07) is 19.8. The van der Waals surface area contributed by atoms with Crippen molar-refractivity contribution in [3.8, 4) is 0 Å². The van der Waals surface area contributed by atoms with Crippen molar-refractivity contribution in [2.75, 3.05) is 31.5 Å². The van der Waals surface area contributed by atoms with E-state index in [9.17, 15) is 5.11 Å². The van der Waals surface area contributed by atoms with Crippen LogP contribution < -0.4 is 5.32 Å². The molecule has 5 nitrogen and oxygen atoms in total. The monoisotopic (exact) mass is 382 g/mol. The maximum atomic E-state index is 10.4. The Kier molecular flexibility index (Phi) is 5.55. The topological polar surface area (TPSA) is 51.6 Å². The van der Waals surface area contributed by atoms with Gasteiger partial charge in [-0.05, 0) is 24.3 Å². The van der Waals surface area contributed by atoms with Gasteiger partial charge in [-0.2, -0.15) is 0 Å². The average Bonchev–Trinajstić information content (AvgIpc) is 2.70. The Morgan fingerprint density at radius 3 is 2.52 bits per heavy atom. The third-order valence-corrected chi connectivity index (χ3v) is 5.24. The molecule has 1 unspecified atom stereocenters. The molecule has 0 bridgehead atoms. The fourth-order valence-electron chi connectivity index (χ4n) is 3.41. The minimum absolute atomic E-state index is 0.674. The predicted octanol–water partition coefficient (Wildman–Crippen LogP) is 3.39. The number of aliphatic hydroxyl groups is 1. The molecule has 2 N–H and O–H groups in total. The molecule has 2 aromatic carbocycles. The van der Waals surface area contributed by atoms with Gasteiger partial charge in [0, 0.05) is 43.8 Å². The van der Waals surface area contributed by atoms with Crippen LogP contribution in [0.5, 0.6) is 0 Å². The Labute approximate surface area is 164 Å². The zero-order valence-corrected chi connectivity index (χ0v) is 15.8. The highest BCUT2D eigenvalue weighted by Gasteiger charge is 2.22. The molecule has 0 spiro atoms. The van der Waals surface area contributed by atoms with E-state index in [1.54, 1.807) is 0 Å². The molecule has 4 rings (SSSR count). The maximum Gasteiger partial charge on any atom is 0.184 e. The lowest BCUT2D eigenvalue weighted by molar-refractivity contribution is -0.00843. The van der Waals surface area contributed by atoms with Crippen molar-refractivity contribution in [1.29, 1.82) is 0 Å². The summed E-state index contributed by atoms with van der Waals surface area (Å²) in [4.78, 5) is 9.14. The molecular formula is C21H23ClN4O. The number of piperazine rings is 1. The number of fused-ring (bicyclic) bond motifs is 1. The summed E-state index contributed by atoms with van der Waals surface area (Å²) < 4.78 is 0. The fraction of sp³-hybridized carbons (Fsp3) is 0.286. The molecule has 1 atom stereocenters. The molecular weight excluding hydrogens is 360 g/mol. The highest BCUT2D eigenvalue weighted by Crippen LogP contribution is 2.22. The van der Waals surface area contributed by atoms with Gasteiger partial charge in [-0.3, -0.25) is 9.80 Å². The number of nitrogens with one attached hydrogen (secondary N) is 1. The number of para-hydroxylation sites is 2. The smallest absolute Gasteiger partial charge is 0.184 e. The largest absolute Gasteiger partial charge is 0.361 e. The van der Waals surface area contributed by atoms with Gasteiger partial charge in [-0.1, -0.05) is 48.0 Å². The quantitative estimate of drug-likeness (QED) is 0.662. The Morgan fingerprint density at radius 2 is 1.74 bits per heavy atom. The van der Waals surface area contributed by atoms with Crippen molar-refractivity contribution in [3.05, 3.63) is 71.4 Å². The molecule has 0 amide bonds. The van der Waals surface area contributed by atoms with Gasteiger partial charge in [-0.25, -0.2) is 4.98 Å². The van der Waals surface area contributed by atoms with Crippen molar-refractivity contribution < 1.29 is 5.11 Å². The first-order chi connectivity index (χ1) is 13.2. The van der Waals surface area contributed by atoms with Crippen LogP contribution in [0.3, 0.4) is 0 Å². The Balaban J connectivity index is 1.33. The van der Waals surface area contributed by atoms with Crippen molar-refractivity contribution in [3.63, 3.8) is 0 Å². The molecule has 2 heterocycles. The fourth-order valence-corrected chi connectivity index (χ4v) is 3.63. The van der Waals surface area contributed by atoms with Crippen LogP contribution in [-0.2, 0) is 6.54 Å². The second kappa shape index (κ2) is 8.23. The van der Waals surface area contributed by atoms with E-state index in [0.29, 0.717) is 5.02 Å². The maximum absolute atomic E-state index is 10.4. The van der Waals surface area contributed by atoms with Gasteiger partial charge in [0.25, 0.3) is 0 Å². The lowest BCUT2D eigenvalue weighted by Crippen LogP contribution is -2.52. The molecule has 0 saturated carbocycles. The van der Waals surface area contributed by atoms with E-state index in [1.807, 2.05) is 53.4 Å². The molecule has 1 aliphatic heterocycles. The number of aromatic nitrogens is 1. The van der Waals surface area contributed by atoms with Gasteiger partial charge >= 0.3 is 0 Å². The number of aliphatic hydroxyl groups excluding tert-OH is 1. The summed E-state index contributed by atoms with van der Waals surface area (Å²) in [5.74, 6) is 0. The number of benzene rings is 2. The number of rotatable bonds is 5. The summed E-state index contributed by atoms with van der Waals surface area (Å²) >= 11 is 6.27. The predicted molar refractivity (Wildman–Crippen MR) is 110 cm³/mol. The second-order valence-electron chi connectivity index (χ2n) is 6.81. The van der Waals surface area contributed by atoms with Gasteiger partial charge in [0.1, 0.15) is 0 Å². The molecule has 3 aromatic rings. The van der Waals surface area contributed by atoms with E-state index in [4.69, 9.17) is 16.6 Å². The molecule has 1 aliphatic rings. The van der Waals surface area contributed by atoms with E-state index in [0.717, 1.165) is 55.0 Å². The number of hydrogen-bond donors (Lipinski definition) is 2. The summed E-state index contributed by atoms with van der Waals surface area (Å²) in [6.07, 6.45) is -0.674. The molecule has 0 aliphatic carbocycles. The second-order valence-corrected chi connectivity index (χ2v) is 7.22. The molecule has 1 saturated heterocycles. The molecule has 1 aromatic heterocycles. The van der Waals surface area contributed by atoms with Crippen molar-refractivity contribution >= 4 is 28.2 Å². The first-order valence-corrected chi connectivity index (χ1v) is 9.57. The Morgan fingerprint density at radius 1 is 0.963 bits per heavy atom. The first kappa shape index (κ1) is 18.2. The Hall–Kier alpha value is -2.18. The van der Waals surface area contributed by atoms with E-state index in [-0.39, 0.29) is 0 Å². The van der Waals surface area contributed by atoms with Crippen LogP contribution in [0.15, 0.2) is 60.7 Å². The molecule has 1 fully saturated rings. The van der Waals surface area contributed by atoms with Gasteiger partial charge in [0.05, 0.1) is 16.2 Å². The van der Waals surface area contributed by atoms with Gasteiger partial charge in [0.2, 0.25) is 0 Å². The van der Waals surface area contributed by atoms with Crippen LogP contribution in [0.1, 0.15) is 5.69 Å². The number of anilines is 1. The normalized spacial score (nSPS) is 17.1. The molecule has 6 heteroatoms. The van der Waals surface area contributed by atoms with E-state index >= 15 is 0 Å². The zero-order valence-electron chi connectivity index (χ0n) is 15.1. The van der Waals surface area contributed by atoms with Crippen LogP contribution in [0.25, 0.3) is 10.9 Å². The number of hydrogen-bond acceptors (Lipinski definition) is 5. The molecule has 0 radical (unpaired) electrons. The summed E-state index contributed by atoms with van der Waals surface area (Å²) in [5, 5.41) is 15.3. The van der Waals surface area contributed by atoms with Crippen molar-refractivity contribution in [2.24, 2.45) is 0 Å². The SMILES string of the molecule is OC(Nc1ccccc1)N1CCN(Cc2ccc3cccc(Cl)c3n2)CC1. The minimum Gasteiger partial charge on any atom is -0.361 e. The van der Waals surface area contributed by atoms with E-state index in [2.05, 4.69) is 22.3 Å². The van der Waals surface area contributed by atoms with Crippen LogP contribution in [0, 0.1) is 0 Å². The van der Waals surface area contributed by atoms with Gasteiger partial charge < -0.3 is 10.4 Å². The summed E-state index contributed by atoms with van der Waals surface area (Å²) in [7, 11) is 0. The minimum atomic E-state index is -0.674. The zero-order chi connectivity index (χ0) is 18.6. The van der Waals surface area contributed by atoms with Crippen LogP contribution in [0.2, 0.25) is 5.02 Å². The van der Waals surface area contributed by atoms with Crippen LogP contribution in [0.4, 0.5) is 5.69 Å². The number of nitrogens with zero attached hydrogens (tertiary/aromatic N) is 3. The van der Waals surface area contributed by atoms with Gasteiger partial charge in [-0.15, -0.1) is 0 Å². The summed E-state index contributed by atoms with van der Waals surface area (Å²) in [6.45, 7) is 4.16. The lowest BCUT2D eigenvalue weighted by atomic mass is 10.2. The number of pyridine rings is 1. The summed E-state index contributed by atoms with van der Waals surface area (Å²) in [5.41, 5.74) is 2.80. The lowest BCUT2D eigenvalue weighted by Gasteiger charge is -2.37. The highest BCUT2D eigenvalue weighted by molar-refractivity contribution is 6.35. The van der Waals surface area contributed by atoms with E-state index in [1.165, 1.54) is 0 Å². The molecule has 27 heavy (non-hydrogen) atoms. The molecule has 140 valence electrons. The standard InChI is InChI=1S/C21H23ClN4O/c22-19-8-4-5-16-9-10-18(23-20(16)19)15-25-11-13-26(14-12-25)21(27)24-17-6-2-1-3-7-17/h1-10,21,24,27H,11-15H2.